The lowest BCUT2D eigenvalue weighted by Gasteiger charge is -2.06. The lowest BCUT2D eigenvalue weighted by atomic mass is 10.1. The second kappa shape index (κ2) is 5.32. The summed E-state index contributed by atoms with van der Waals surface area (Å²) < 4.78 is 5.85. The Morgan fingerprint density at radius 3 is 2.43 bits per heavy atom. The molecule has 0 N–H and O–H groups in total. The fourth-order valence-electron chi connectivity index (χ4n) is 2.68. The van der Waals surface area contributed by atoms with Crippen molar-refractivity contribution in [3.05, 3.63) is 65.9 Å². The number of aryl methyl sites for hydroxylation is 2. The van der Waals surface area contributed by atoms with E-state index < -0.39 is 0 Å². The van der Waals surface area contributed by atoms with Crippen LogP contribution in [0, 0.1) is 13.8 Å². The molecule has 4 nitrogen and oxygen atoms in total. The zero-order valence-corrected chi connectivity index (χ0v) is 12.9. The third kappa shape index (κ3) is 2.38. The molecule has 0 aliphatic carbocycles. The summed E-state index contributed by atoms with van der Waals surface area (Å²) in [5.41, 5.74) is 4.84. The molecule has 0 aliphatic heterocycles. The number of fused-ring (bicyclic) bond motifs is 1. The molecule has 0 fully saturated rings. The summed E-state index contributed by atoms with van der Waals surface area (Å²) in [4.78, 5) is 4.71. The van der Waals surface area contributed by atoms with E-state index in [2.05, 4.69) is 29.3 Å². The maximum absolute atomic E-state index is 5.85. The van der Waals surface area contributed by atoms with Crippen molar-refractivity contribution in [2.24, 2.45) is 0 Å². The van der Waals surface area contributed by atoms with Gasteiger partial charge in [0, 0.05) is 10.9 Å². The van der Waals surface area contributed by atoms with E-state index in [1.807, 2.05) is 49.4 Å². The van der Waals surface area contributed by atoms with Crippen molar-refractivity contribution < 1.29 is 4.42 Å². The largest absolute Gasteiger partial charge is 0.416 e. The molecule has 0 bridgehead atoms. The molecule has 4 aromatic rings. The quantitative estimate of drug-likeness (QED) is 0.544. The third-order valence-electron chi connectivity index (χ3n) is 3.91. The molecule has 4 rings (SSSR count). The minimum absolute atomic E-state index is 0.497. The van der Waals surface area contributed by atoms with E-state index in [4.69, 9.17) is 9.40 Å². The Kier molecular flexibility index (Phi) is 3.15. The van der Waals surface area contributed by atoms with Crippen molar-refractivity contribution >= 4 is 10.9 Å². The SMILES string of the molecule is Cc1nc2c(C)cccc2cc1-c1nnc(-c2ccccc2)o1. The number of hydrogen-bond acceptors (Lipinski definition) is 4. The molecule has 0 aliphatic rings. The third-order valence-corrected chi connectivity index (χ3v) is 3.91. The van der Waals surface area contributed by atoms with Crippen LogP contribution >= 0.6 is 0 Å². The van der Waals surface area contributed by atoms with Crippen LogP contribution in [0.15, 0.2) is 59.0 Å². The summed E-state index contributed by atoms with van der Waals surface area (Å²) in [6.07, 6.45) is 0. The van der Waals surface area contributed by atoms with Crippen molar-refractivity contribution in [1.82, 2.24) is 15.2 Å². The summed E-state index contributed by atoms with van der Waals surface area (Å²) in [5.74, 6) is 1.02. The number of benzene rings is 2. The number of hydrogen-bond donors (Lipinski definition) is 0. The molecule has 0 amide bonds. The van der Waals surface area contributed by atoms with Crippen molar-refractivity contribution in [2.75, 3.05) is 0 Å². The summed E-state index contributed by atoms with van der Waals surface area (Å²) in [6, 6.07) is 18.0. The smallest absolute Gasteiger partial charge is 0.250 e. The van der Waals surface area contributed by atoms with E-state index in [1.165, 1.54) is 0 Å². The summed E-state index contributed by atoms with van der Waals surface area (Å²) in [6.45, 7) is 4.03. The summed E-state index contributed by atoms with van der Waals surface area (Å²) in [5, 5.41) is 9.43. The van der Waals surface area contributed by atoms with Gasteiger partial charge in [0.05, 0.1) is 16.8 Å². The molecule has 0 spiro atoms. The van der Waals surface area contributed by atoms with Gasteiger partial charge >= 0.3 is 0 Å². The molecule has 0 saturated carbocycles. The predicted molar refractivity (Wildman–Crippen MR) is 89.9 cm³/mol. The Morgan fingerprint density at radius 2 is 1.61 bits per heavy atom. The molecule has 2 aromatic heterocycles. The molecular weight excluding hydrogens is 286 g/mol. The monoisotopic (exact) mass is 301 g/mol. The summed E-state index contributed by atoms with van der Waals surface area (Å²) >= 11 is 0. The van der Waals surface area contributed by atoms with E-state index in [1.54, 1.807) is 0 Å². The van der Waals surface area contributed by atoms with Crippen molar-refractivity contribution in [3.63, 3.8) is 0 Å². The van der Waals surface area contributed by atoms with E-state index in [0.717, 1.165) is 33.3 Å². The summed E-state index contributed by atoms with van der Waals surface area (Å²) in [7, 11) is 0. The topological polar surface area (TPSA) is 51.8 Å². The van der Waals surface area contributed by atoms with E-state index in [0.29, 0.717) is 11.8 Å². The first kappa shape index (κ1) is 13.6. The van der Waals surface area contributed by atoms with E-state index in [-0.39, 0.29) is 0 Å². The van der Waals surface area contributed by atoms with Gasteiger partial charge in [-0.3, -0.25) is 4.98 Å². The lowest BCUT2D eigenvalue weighted by Crippen LogP contribution is -1.91. The van der Waals surface area contributed by atoms with Crippen LogP contribution in [0.5, 0.6) is 0 Å². The molecule has 0 radical (unpaired) electrons. The van der Waals surface area contributed by atoms with Crippen LogP contribution in [0.25, 0.3) is 33.8 Å². The number of aromatic nitrogens is 3. The van der Waals surface area contributed by atoms with Gasteiger partial charge in [-0.25, -0.2) is 0 Å². The number of rotatable bonds is 2. The average Bonchev–Trinajstić information content (AvgIpc) is 3.06. The van der Waals surface area contributed by atoms with Crippen LogP contribution in [-0.4, -0.2) is 15.2 Å². The van der Waals surface area contributed by atoms with E-state index in [9.17, 15) is 0 Å². The van der Waals surface area contributed by atoms with Crippen LogP contribution in [0.4, 0.5) is 0 Å². The Morgan fingerprint density at radius 1 is 0.826 bits per heavy atom. The Balaban J connectivity index is 1.84. The maximum atomic E-state index is 5.85. The normalized spacial score (nSPS) is 11.0. The zero-order chi connectivity index (χ0) is 15.8. The molecule has 0 atom stereocenters. The first-order valence-corrected chi connectivity index (χ1v) is 7.48. The Bertz CT molecular complexity index is 990. The van der Waals surface area contributed by atoms with Crippen molar-refractivity contribution in [1.29, 1.82) is 0 Å². The first-order valence-electron chi connectivity index (χ1n) is 7.48. The van der Waals surface area contributed by atoms with Gasteiger partial charge in [0.15, 0.2) is 0 Å². The van der Waals surface area contributed by atoms with Crippen LogP contribution < -0.4 is 0 Å². The molecule has 2 heterocycles. The highest BCUT2D eigenvalue weighted by Gasteiger charge is 2.14. The minimum Gasteiger partial charge on any atom is -0.416 e. The predicted octanol–water partition coefficient (Wildman–Crippen LogP) is 4.57. The van der Waals surface area contributed by atoms with Crippen molar-refractivity contribution in [2.45, 2.75) is 13.8 Å². The standard InChI is InChI=1S/C19H15N3O/c1-12-7-6-10-15-11-16(13(2)20-17(12)15)19-22-21-18(23-19)14-8-4-3-5-9-14/h3-11H,1-2H3. The zero-order valence-electron chi connectivity index (χ0n) is 12.9. The molecule has 112 valence electrons. The molecule has 23 heavy (non-hydrogen) atoms. The number of pyridine rings is 1. The average molecular weight is 301 g/mol. The second-order valence-electron chi connectivity index (χ2n) is 5.55. The first-order chi connectivity index (χ1) is 11.2. The Hall–Kier alpha value is -3.01. The van der Waals surface area contributed by atoms with Crippen LogP contribution in [-0.2, 0) is 0 Å². The van der Waals surface area contributed by atoms with Gasteiger partial charge in [-0.15, -0.1) is 10.2 Å². The fraction of sp³-hybridized carbons (Fsp3) is 0.105. The van der Waals surface area contributed by atoms with Gasteiger partial charge in [-0.1, -0.05) is 36.4 Å². The van der Waals surface area contributed by atoms with Gasteiger partial charge in [0.25, 0.3) is 0 Å². The van der Waals surface area contributed by atoms with Gasteiger partial charge in [-0.2, -0.15) is 0 Å². The maximum Gasteiger partial charge on any atom is 0.250 e. The number of nitrogens with zero attached hydrogens (tertiary/aromatic N) is 3. The van der Waals surface area contributed by atoms with Gasteiger partial charge in [-0.05, 0) is 37.6 Å². The molecule has 0 saturated heterocycles. The van der Waals surface area contributed by atoms with E-state index >= 15 is 0 Å². The Labute approximate surface area is 133 Å². The highest BCUT2D eigenvalue weighted by atomic mass is 16.4. The highest BCUT2D eigenvalue weighted by molar-refractivity contribution is 5.85. The van der Waals surface area contributed by atoms with Crippen LogP contribution in [0.3, 0.4) is 0 Å². The molecule has 0 unspecified atom stereocenters. The van der Waals surface area contributed by atoms with Gasteiger partial charge < -0.3 is 4.42 Å². The molecule has 2 aromatic carbocycles. The lowest BCUT2D eigenvalue weighted by molar-refractivity contribution is 0.584. The second-order valence-corrected chi connectivity index (χ2v) is 5.55. The van der Waals surface area contributed by atoms with Crippen LogP contribution in [0.1, 0.15) is 11.3 Å². The molecular formula is C19H15N3O. The minimum atomic E-state index is 0.497. The fourth-order valence-corrected chi connectivity index (χ4v) is 2.68. The number of para-hydroxylation sites is 1. The van der Waals surface area contributed by atoms with Gasteiger partial charge in [0.2, 0.25) is 11.8 Å². The highest BCUT2D eigenvalue weighted by Crippen LogP contribution is 2.28. The van der Waals surface area contributed by atoms with Crippen LogP contribution in [0.2, 0.25) is 0 Å². The van der Waals surface area contributed by atoms with Crippen molar-refractivity contribution in [3.8, 4) is 22.9 Å². The molecule has 4 heteroatoms. The van der Waals surface area contributed by atoms with Gasteiger partial charge in [0.1, 0.15) is 0 Å².